The summed E-state index contributed by atoms with van der Waals surface area (Å²) in [6, 6.07) is 13.7. The molecule has 7 nitrogen and oxygen atoms in total. The van der Waals surface area contributed by atoms with Gasteiger partial charge in [0, 0.05) is 18.7 Å². The van der Waals surface area contributed by atoms with Crippen molar-refractivity contribution in [2.24, 2.45) is 0 Å². The van der Waals surface area contributed by atoms with E-state index in [2.05, 4.69) is 0 Å². The molecule has 0 aliphatic carbocycles. The minimum absolute atomic E-state index is 0.00870. The summed E-state index contributed by atoms with van der Waals surface area (Å²) in [6.07, 6.45) is 2.92. The van der Waals surface area contributed by atoms with E-state index in [-0.39, 0.29) is 24.2 Å². The van der Waals surface area contributed by atoms with E-state index in [0.29, 0.717) is 12.3 Å². The standard InChI is InChI=1S/C20H19N3O4S/c24-19(13-27-15-10-8-14(9-11-15)23(25)26)22-12-4-3-6-17(22)20-21-16-5-1-2-7-18(16)28-20/h1-2,5,7-11,17H,3-4,6,12-13H2. The number of benzene rings is 2. The van der Waals surface area contributed by atoms with Crippen LogP contribution in [0.1, 0.15) is 30.3 Å². The quantitative estimate of drug-likeness (QED) is 0.472. The number of thiazole rings is 1. The number of piperidine rings is 1. The highest BCUT2D eigenvalue weighted by atomic mass is 32.1. The van der Waals surface area contributed by atoms with E-state index in [1.54, 1.807) is 11.3 Å². The second-order valence-corrected chi connectivity index (χ2v) is 7.72. The molecule has 1 saturated heterocycles. The number of para-hydroxylation sites is 1. The van der Waals surface area contributed by atoms with E-state index < -0.39 is 4.92 Å². The van der Waals surface area contributed by atoms with Crippen molar-refractivity contribution < 1.29 is 14.5 Å². The number of carbonyl (C=O) groups excluding carboxylic acids is 1. The van der Waals surface area contributed by atoms with E-state index in [1.807, 2.05) is 29.2 Å². The zero-order chi connectivity index (χ0) is 19.5. The van der Waals surface area contributed by atoms with Crippen LogP contribution in [0.25, 0.3) is 10.2 Å². The molecule has 2 heterocycles. The van der Waals surface area contributed by atoms with Crippen LogP contribution in [-0.2, 0) is 4.79 Å². The third-order valence-electron chi connectivity index (χ3n) is 4.83. The molecule has 8 heteroatoms. The Kier molecular flexibility index (Phi) is 5.21. The van der Waals surface area contributed by atoms with Crippen LogP contribution in [0.5, 0.6) is 5.75 Å². The molecule has 1 aromatic heterocycles. The van der Waals surface area contributed by atoms with Gasteiger partial charge in [-0.3, -0.25) is 14.9 Å². The second kappa shape index (κ2) is 7.93. The molecule has 0 saturated carbocycles. The SMILES string of the molecule is O=C(COc1ccc([N+](=O)[O-])cc1)N1CCCCC1c1nc2ccccc2s1. The van der Waals surface area contributed by atoms with Gasteiger partial charge in [-0.15, -0.1) is 11.3 Å². The number of aromatic nitrogens is 1. The van der Waals surface area contributed by atoms with E-state index >= 15 is 0 Å². The molecule has 0 spiro atoms. The number of nitro groups is 1. The molecule has 28 heavy (non-hydrogen) atoms. The molecule has 0 radical (unpaired) electrons. The molecular formula is C20H19N3O4S. The van der Waals surface area contributed by atoms with E-state index in [4.69, 9.17) is 9.72 Å². The van der Waals surface area contributed by atoms with Crippen molar-refractivity contribution in [3.63, 3.8) is 0 Å². The Morgan fingerprint density at radius 3 is 2.75 bits per heavy atom. The van der Waals surface area contributed by atoms with Crippen molar-refractivity contribution in [3.05, 3.63) is 63.7 Å². The van der Waals surface area contributed by atoms with Crippen LogP contribution in [0.4, 0.5) is 5.69 Å². The van der Waals surface area contributed by atoms with Gasteiger partial charge in [0.2, 0.25) is 0 Å². The lowest BCUT2D eigenvalue weighted by Gasteiger charge is -2.34. The lowest BCUT2D eigenvalue weighted by atomic mass is 10.0. The number of nitrogens with zero attached hydrogens (tertiary/aromatic N) is 3. The summed E-state index contributed by atoms with van der Waals surface area (Å²) in [5.74, 6) is 0.342. The van der Waals surface area contributed by atoms with Gasteiger partial charge in [0.15, 0.2) is 6.61 Å². The van der Waals surface area contributed by atoms with E-state index in [1.165, 1.54) is 24.3 Å². The van der Waals surface area contributed by atoms with Crippen LogP contribution >= 0.6 is 11.3 Å². The van der Waals surface area contributed by atoms with Gasteiger partial charge in [-0.2, -0.15) is 0 Å². The number of non-ortho nitro benzene ring substituents is 1. The van der Waals surface area contributed by atoms with Crippen LogP contribution in [0.3, 0.4) is 0 Å². The minimum Gasteiger partial charge on any atom is -0.484 e. The molecule has 2 aromatic carbocycles. The first-order chi connectivity index (χ1) is 13.6. The summed E-state index contributed by atoms with van der Waals surface area (Å²) in [6.45, 7) is 0.586. The Bertz CT molecular complexity index is 969. The van der Waals surface area contributed by atoms with Crippen molar-refractivity contribution in [2.45, 2.75) is 25.3 Å². The maximum absolute atomic E-state index is 12.8. The van der Waals surface area contributed by atoms with Crippen molar-refractivity contribution in [1.82, 2.24) is 9.88 Å². The molecule has 1 atom stereocenters. The molecule has 3 aromatic rings. The third-order valence-corrected chi connectivity index (χ3v) is 5.97. The number of rotatable bonds is 5. The molecule has 144 valence electrons. The highest BCUT2D eigenvalue weighted by Crippen LogP contribution is 2.35. The van der Waals surface area contributed by atoms with E-state index in [0.717, 1.165) is 34.5 Å². The lowest BCUT2D eigenvalue weighted by Crippen LogP contribution is -2.41. The molecule has 1 aliphatic heterocycles. The Hall–Kier alpha value is -3.00. The van der Waals surface area contributed by atoms with Crippen LogP contribution < -0.4 is 4.74 Å². The van der Waals surface area contributed by atoms with Gasteiger partial charge in [0.05, 0.1) is 21.2 Å². The first-order valence-corrected chi connectivity index (χ1v) is 9.95. The molecule has 1 amide bonds. The largest absolute Gasteiger partial charge is 0.484 e. The zero-order valence-corrected chi connectivity index (χ0v) is 15.9. The molecule has 1 fully saturated rings. The number of fused-ring (bicyclic) bond motifs is 1. The van der Waals surface area contributed by atoms with Gasteiger partial charge in [-0.1, -0.05) is 12.1 Å². The van der Waals surface area contributed by atoms with Crippen molar-refractivity contribution in [1.29, 1.82) is 0 Å². The number of likely N-dealkylation sites (tertiary alicyclic amines) is 1. The normalized spacial score (nSPS) is 16.9. The maximum atomic E-state index is 12.8. The first kappa shape index (κ1) is 18.4. The highest BCUT2D eigenvalue weighted by molar-refractivity contribution is 7.18. The summed E-state index contributed by atoms with van der Waals surface area (Å²) in [5.41, 5.74) is 0.952. The summed E-state index contributed by atoms with van der Waals surface area (Å²) in [4.78, 5) is 29.7. The average Bonchev–Trinajstić information content (AvgIpc) is 3.16. The molecule has 1 aliphatic rings. The minimum atomic E-state index is -0.467. The van der Waals surface area contributed by atoms with Crippen molar-refractivity contribution in [2.75, 3.05) is 13.2 Å². The van der Waals surface area contributed by atoms with Gasteiger partial charge in [-0.05, 0) is 43.5 Å². The summed E-state index contributed by atoms with van der Waals surface area (Å²) < 4.78 is 6.69. The monoisotopic (exact) mass is 397 g/mol. The van der Waals surface area contributed by atoms with Gasteiger partial charge in [0.25, 0.3) is 11.6 Å². The Morgan fingerprint density at radius 1 is 1.21 bits per heavy atom. The van der Waals surface area contributed by atoms with E-state index in [9.17, 15) is 14.9 Å². The van der Waals surface area contributed by atoms with Crippen LogP contribution in [-0.4, -0.2) is 33.9 Å². The number of ether oxygens (including phenoxy) is 1. The molecule has 1 unspecified atom stereocenters. The number of hydrogen-bond donors (Lipinski definition) is 0. The summed E-state index contributed by atoms with van der Waals surface area (Å²) in [7, 11) is 0. The van der Waals surface area contributed by atoms with Gasteiger partial charge in [0.1, 0.15) is 10.8 Å². The predicted molar refractivity (Wildman–Crippen MR) is 107 cm³/mol. The van der Waals surface area contributed by atoms with Crippen LogP contribution in [0.15, 0.2) is 48.5 Å². The number of amides is 1. The summed E-state index contributed by atoms with van der Waals surface area (Å²) >= 11 is 1.63. The lowest BCUT2D eigenvalue weighted by molar-refractivity contribution is -0.384. The second-order valence-electron chi connectivity index (χ2n) is 6.66. The van der Waals surface area contributed by atoms with Gasteiger partial charge < -0.3 is 9.64 Å². The zero-order valence-electron chi connectivity index (χ0n) is 15.1. The fraction of sp³-hybridized carbons (Fsp3) is 0.300. The van der Waals surface area contributed by atoms with Crippen molar-refractivity contribution >= 4 is 33.1 Å². The molecule has 0 N–H and O–H groups in total. The fourth-order valence-electron chi connectivity index (χ4n) is 3.41. The smallest absolute Gasteiger partial charge is 0.269 e. The number of hydrogen-bond acceptors (Lipinski definition) is 6. The van der Waals surface area contributed by atoms with Crippen LogP contribution in [0.2, 0.25) is 0 Å². The van der Waals surface area contributed by atoms with Crippen molar-refractivity contribution in [3.8, 4) is 5.75 Å². The Labute approximate surface area is 165 Å². The number of nitro benzene ring substituents is 1. The number of carbonyl (C=O) groups is 1. The average molecular weight is 397 g/mol. The first-order valence-electron chi connectivity index (χ1n) is 9.14. The fourth-order valence-corrected chi connectivity index (χ4v) is 4.53. The van der Waals surface area contributed by atoms with Crippen LogP contribution in [0, 0.1) is 10.1 Å². The maximum Gasteiger partial charge on any atom is 0.269 e. The van der Waals surface area contributed by atoms with Gasteiger partial charge in [-0.25, -0.2) is 4.98 Å². The molecular weight excluding hydrogens is 378 g/mol. The molecule has 0 bridgehead atoms. The highest BCUT2D eigenvalue weighted by Gasteiger charge is 2.30. The Balaban J connectivity index is 1.46. The topological polar surface area (TPSA) is 85.6 Å². The summed E-state index contributed by atoms with van der Waals surface area (Å²) in [5, 5.41) is 11.7. The third kappa shape index (κ3) is 3.82. The molecule has 4 rings (SSSR count). The predicted octanol–water partition coefficient (Wildman–Crippen LogP) is 4.34. The Morgan fingerprint density at radius 2 is 2.00 bits per heavy atom. The van der Waals surface area contributed by atoms with Gasteiger partial charge >= 0.3 is 0 Å².